The van der Waals surface area contributed by atoms with Gasteiger partial charge in [0.25, 0.3) is 0 Å². The van der Waals surface area contributed by atoms with Gasteiger partial charge in [0.05, 0.1) is 13.2 Å². The molecule has 1 aromatic rings. The van der Waals surface area contributed by atoms with Crippen molar-refractivity contribution in [3.05, 3.63) is 29.6 Å². The molecule has 1 unspecified atom stereocenters. The first-order chi connectivity index (χ1) is 11.0. The second-order valence-electron chi connectivity index (χ2n) is 6.25. The summed E-state index contributed by atoms with van der Waals surface area (Å²) in [7, 11) is 1.82. The van der Waals surface area contributed by atoms with Crippen molar-refractivity contribution in [3.8, 4) is 0 Å². The van der Waals surface area contributed by atoms with Crippen LogP contribution in [-0.2, 0) is 11.3 Å². The summed E-state index contributed by atoms with van der Waals surface area (Å²) in [6.45, 7) is 9.21. The average molecular weight is 320 g/mol. The molecule has 1 N–H and O–H groups in total. The van der Waals surface area contributed by atoms with E-state index in [-0.39, 0.29) is 12.1 Å². The van der Waals surface area contributed by atoms with Gasteiger partial charge in [-0.2, -0.15) is 0 Å². The van der Waals surface area contributed by atoms with Gasteiger partial charge in [0.15, 0.2) is 0 Å². The lowest BCUT2D eigenvalue weighted by molar-refractivity contribution is 0.0364. The monoisotopic (exact) mass is 320 g/mol. The molecule has 2 heterocycles. The van der Waals surface area contributed by atoms with Crippen LogP contribution in [0.3, 0.4) is 0 Å². The fraction of sp³-hybridized carbons (Fsp3) is 0.647. The Kier molecular flexibility index (Phi) is 6.80. The van der Waals surface area contributed by atoms with Crippen LogP contribution in [0.1, 0.15) is 24.6 Å². The number of hydrogen-bond donors (Lipinski definition) is 1. The number of carbonyl (C=O) groups is 1. The summed E-state index contributed by atoms with van der Waals surface area (Å²) in [5.74, 6) is 0. The van der Waals surface area contributed by atoms with Crippen LogP contribution in [-0.4, -0.2) is 66.8 Å². The van der Waals surface area contributed by atoms with Crippen molar-refractivity contribution in [2.75, 3.05) is 39.9 Å². The van der Waals surface area contributed by atoms with E-state index in [2.05, 4.69) is 22.1 Å². The largest absolute Gasteiger partial charge is 0.379 e. The number of nitrogens with zero attached hydrogens (tertiary/aromatic N) is 3. The van der Waals surface area contributed by atoms with Gasteiger partial charge in [-0.25, -0.2) is 4.79 Å². The lowest BCUT2D eigenvalue weighted by Crippen LogP contribution is -2.44. The van der Waals surface area contributed by atoms with Gasteiger partial charge in [-0.05, 0) is 38.0 Å². The Labute approximate surface area is 138 Å². The fourth-order valence-corrected chi connectivity index (χ4v) is 2.64. The number of rotatable bonds is 6. The summed E-state index contributed by atoms with van der Waals surface area (Å²) in [5.41, 5.74) is 2.06. The molecule has 1 fully saturated rings. The number of morpholine rings is 1. The molecule has 0 saturated carbocycles. The van der Waals surface area contributed by atoms with Crippen LogP contribution in [0.4, 0.5) is 4.79 Å². The predicted molar refractivity (Wildman–Crippen MR) is 90.3 cm³/mol. The summed E-state index contributed by atoms with van der Waals surface area (Å²) in [6, 6.07) is 4.07. The Bertz CT molecular complexity index is 503. The van der Waals surface area contributed by atoms with Crippen molar-refractivity contribution in [2.45, 2.75) is 32.9 Å². The van der Waals surface area contributed by atoms with Crippen molar-refractivity contribution in [1.29, 1.82) is 0 Å². The second-order valence-corrected chi connectivity index (χ2v) is 6.25. The van der Waals surface area contributed by atoms with Gasteiger partial charge >= 0.3 is 6.03 Å². The number of pyridine rings is 1. The Morgan fingerprint density at radius 3 is 2.91 bits per heavy atom. The lowest BCUT2D eigenvalue weighted by Gasteiger charge is -2.28. The van der Waals surface area contributed by atoms with Crippen LogP contribution >= 0.6 is 0 Å². The third-order valence-electron chi connectivity index (χ3n) is 4.08. The Morgan fingerprint density at radius 2 is 2.22 bits per heavy atom. The fourth-order valence-electron chi connectivity index (χ4n) is 2.64. The molecule has 1 aliphatic rings. The SMILES string of the molecule is Cc1cc(CN(C)C(=O)NC(C)CCN2CCOCC2)ccn1. The van der Waals surface area contributed by atoms with E-state index in [9.17, 15) is 4.79 Å². The number of nitrogens with one attached hydrogen (secondary N) is 1. The standard InChI is InChI=1S/C17H28N4O2/c1-14(5-7-21-8-10-23-11-9-21)19-17(22)20(3)13-16-4-6-18-15(2)12-16/h4,6,12,14H,5,7-11,13H2,1-3H3,(H,19,22). The minimum atomic E-state index is -0.0334. The van der Waals surface area contributed by atoms with E-state index in [0.717, 1.165) is 50.5 Å². The van der Waals surface area contributed by atoms with Crippen molar-refractivity contribution in [1.82, 2.24) is 20.1 Å². The van der Waals surface area contributed by atoms with Crippen molar-refractivity contribution < 1.29 is 9.53 Å². The molecule has 6 heteroatoms. The topological polar surface area (TPSA) is 57.7 Å². The zero-order valence-electron chi connectivity index (χ0n) is 14.4. The van der Waals surface area contributed by atoms with Crippen LogP contribution in [0.15, 0.2) is 18.3 Å². The molecule has 0 spiro atoms. The first-order valence-corrected chi connectivity index (χ1v) is 8.28. The molecular formula is C17H28N4O2. The summed E-state index contributed by atoms with van der Waals surface area (Å²) in [6.07, 6.45) is 2.73. The molecule has 1 atom stereocenters. The van der Waals surface area contributed by atoms with Crippen molar-refractivity contribution in [3.63, 3.8) is 0 Å². The van der Waals surface area contributed by atoms with E-state index in [1.807, 2.05) is 26.1 Å². The zero-order chi connectivity index (χ0) is 16.7. The Hall–Kier alpha value is -1.66. The number of amides is 2. The zero-order valence-corrected chi connectivity index (χ0v) is 14.4. The smallest absolute Gasteiger partial charge is 0.317 e. The molecule has 128 valence electrons. The third kappa shape index (κ3) is 6.15. The molecule has 0 aliphatic carbocycles. The van der Waals surface area contributed by atoms with Crippen molar-refractivity contribution >= 4 is 6.03 Å². The molecule has 0 bridgehead atoms. The number of carbonyl (C=O) groups excluding carboxylic acids is 1. The molecule has 1 aliphatic heterocycles. The second kappa shape index (κ2) is 8.84. The van der Waals surface area contributed by atoms with Crippen LogP contribution in [0.5, 0.6) is 0 Å². The van der Waals surface area contributed by atoms with Crippen LogP contribution in [0, 0.1) is 6.92 Å². The Balaban J connectivity index is 1.71. The van der Waals surface area contributed by atoms with E-state index in [1.165, 1.54) is 0 Å². The quantitative estimate of drug-likeness (QED) is 0.866. The van der Waals surface area contributed by atoms with Gasteiger partial charge in [0, 0.05) is 51.2 Å². The van der Waals surface area contributed by atoms with Gasteiger partial charge in [-0.1, -0.05) is 0 Å². The number of ether oxygens (including phenoxy) is 1. The van der Waals surface area contributed by atoms with Crippen LogP contribution in [0.2, 0.25) is 0 Å². The summed E-state index contributed by atoms with van der Waals surface area (Å²) < 4.78 is 5.34. The highest BCUT2D eigenvalue weighted by Gasteiger charge is 2.15. The highest BCUT2D eigenvalue weighted by atomic mass is 16.5. The normalized spacial score (nSPS) is 16.8. The van der Waals surface area contributed by atoms with Gasteiger partial charge in [-0.15, -0.1) is 0 Å². The molecule has 1 saturated heterocycles. The molecule has 1 aromatic heterocycles. The van der Waals surface area contributed by atoms with E-state index in [0.29, 0.717) is 6.54 Å². The molecular weight excluding hydrogens is 292 g/mol. The maximum atomic E-state index is 12.3. The number of urea groups is 1. The predicted octanol–water partition coefficient (Wildman–Crippen LogP) is 1.64. The first kappa shape index (κ1) is 17.7. The first-order valence-electron chi connectivity index (χ1n) is 8.28. The van der Waals surface area contributed by atoms with E-state index < -0.39 is 0 Å². The minimum absolute atomic E-state index is 0.0334. The molecule has 2 amide bonds. The lowest BCUT2D eigenvalue weighted by atomic mass is 10.2. The average Bonchev–Trinajstić information content (AvgIpc) is 2.54. The molecule has 6 nitrogen and oxygen atoms in total. The van der Waals surface area contributed by atoms with Crippen LogP contribution < -0.4 is 5.32 Å². The maximum Gasteiger partial charge on any atom is 0.317 e. The Morgan fingerprint density at radius 1 is 1.48 bits per heavy atom. The van der Waals surface area contributed by atoms with E-state index in [1.54, 1.807) is 11.1 Å². The highest BCUT2D eigenvalue weighted by molar-refractivity contribution is 5.74. The van der Waals surface area contributed by atoms with Crippen molar-refractivity contribution in [2.24, 2.45) is 0 Å². The van der Waals surface area contributed by atoms with E-state index >= 15 is 0 Å². The third-order valence-corrected chi connectivity index (χ3v) is 4.08. The molecule has 0 radical (unpaired) electrons. The minimum Gasteiger partial charge on any atom is -0.379 e. The summed E-state index contributed by atoms with van der Waals surface area (Å²) in [4.78, 5) is 20.5. The van der Waals surface area contributed by atoms with Gasteiger partial charge in [-0.3, -0.25) is 9.88 Å². The van der Waals surface area contributed by atoms with Gasteiger partial charge < -0.3 is 15.0 Å². The molecule has 0 aromatic carbocycles. The van der Waals surface area contributed by atoms with Gasteiger partial charge in [0.1, 0.15) is 0 Å². The summed E-state index contributed by atoms with van der Waals surface area (Å²) in [5, 5.41) is 3.07. The van der Waals surface area contributed by atoms with Gasteiger partial charge in [0.2, 0.25) is 0 Å². The number of hydrogen-bond acceptors (Lipinski definition) is 4. The number of aromatic nitrogens is 1. The van der Waals surface area contributed by atoms with Crippen LogP contribution in [0.25, 0.3) is 0 Å². The maximum absolute atomic E-state index is 12.3. The molecule has 2 rings (SSSR count). The summed E-state index contributed by atoms with van der Waals surface area (Å²) >= 11 is 0. The van der Waals surface area contributed by atoms with E-state index in [4.69, 9.17) is 4.74 Å². The highest BCUT2D eigenvalue weighted by Crippen LogP contribution is 2.05. The number of aryl methyl sites for hydroxylation is 1. The molecule has 23 heavy (non-hydrogen) atoms.